The monoisotopic (exact) mass is 427 g/mol. The van der Waals surface area contributed by atoms with Gasteiger partial charge in [0, 0.05) is 36.9 Å². The molecule has 30 heavy (non-hydrogen) atoms. The van der Waals surface area contributed by atoms with Crippen molar-refractivity contribution in [1.29, 1.82) is 0 Å². The lowest BCUT2D eigenvalue weighted by molar-refractivity contribution is 0.243. The fraction of sp³-hybridized carbons (Fsp3) is 0.286. The van der Waals surface area contributed by atoms with E-state index in [0.29, 0.717) is 29.0 Å². The van der Waals surface area contributed by atoms with Crippen molar-refractivity contribution in [3.05, 3.63) is 64.7 Å². The number of nitrogens with two attached hydrogens (primary N) is 1. The summed E-state index contributed by atoms with van der Waals surface area (Å²) in [5, 5.41) is 3.79. The first kappa shape index (κ1) is 20.3. The third-order valence-electron chi connectivity index (χ3n) is 5.06. The largest absolute Gasteiger partial charge is 0.368 e. The summed E-state index contributed by atoms with van der Waals surface area (Å²) in [4.78, 5) is 17.2. The lowest BCUT2D eigenvalue weighted by Gasteiger charge is -2.35. The quantitative estimate of drug-likeness (QED) is 0.643. The summed E-state index contributed by atoms with van der Waals surface area (Å²) in [7, 11) is 0. The summed E-state index contributed by atoms with van der Waals surface area (Å²) >= 11 is 6.19. The Bertz CT molecular complexity index is 1040. The molecule has 3 aromatic rings. The zero-order valence-electron chi connectivity index (χ0n) is 16.6. The molecule has 0 bridgehead atoms. The Kier molecular flexibility index (Phi) is 5.96. The molecular weight excluding hydrogens is 405 g/mol. The summed E-state index contributed by atoms with van der Waals surface area (Å²) in [6.07, 6.45) is 0. The molecule has 1 saturated heterocycles. The fourth-order valence-corrected chi connectivity index (χ4v) is 3.60. The molecule has 156 valence electrons. The molecule has 1 aliphatic heterocycles. The third kappa shape index (κ3) is 4.77. The van der Waals surface area contributed by atoms with Crippen LogP contribution in [0.4, 0.5) is 27.7 Å². The third-order valence-corrected chi connectivity index (χ3v) is 5.46. The molecule has 0 atom stereocenters. The number of hydrogen-bond donors (Lipinski definition) is 2. The lowest BCUT2D eigenvalue weighted by atomic mass is 10.2. The van der Waals surface area contributed by atoms with Crippen LogP contribution in [0, 0.1) is 12.7 Å². The smallest absolute Gasteiger partial charge is 0.232 e. The van der Waals surface area contributed by atoms with E-state index < -0.39 is 0 Å². The van der Waals surface area contributed by atoms with Crippen molar-refractivity contribution in [2.75, 3.05) is 42.1 Å². The fourth-order valence-electron chi connectivity index (χ4n) is 3.42. The van der Waals surface area contributed by atoms with E-state index in [0.717, 1.165) is 37.4 Å². The summed E-state index contributed by atoms with van der Waals surface area (Å²) in [5.74, 6) is 0.929. The minimum absolute atomic E-state index is 0.158. The van der Waals surface area contributed by atoms with E-state index in [2.05, 4.69) is 30.1 Å². The first-order valence-corrected chi connectivity index (χ1v) is 10.1. The van der Waals surface area contributed by atoms with Crippen LogP contribution in [-0.4, -0.2) is 46.0 Å². The maximum absolute atomic E-state index is 14.0. The highest BCUT2D eigenvalue weighted by Crippen LogP contribution is 2.23. The summed E-state index contributed by atoms with van der Waals surface area (Å²) < 4.78 is 14.0. The van der Waals surface area contributed by atoms with Gasteiger partial charge in [-0.25, -0.2) is 4.39 Å². The maximum Gasteiger partial charge on any atom is 0.232 e. The van der Waals surface area contributed by atoms with Gasteiger partial charge >= 0.3 is 0 Å². The molecule has 1 aromatic heterocycles. The molecule has 0 aliphatic carbocycles. The highest BCUT2D eigenvalue weighted by molar-refractivity contribution is 6.31. The van der Waals surface area contributed by atoms with Gasteiger partial charge in [0.15, 0.2) is 0 Å². The van der Waals surface area contributed by atoms with Crippen LogP contribution in [0.1, 0.15) is 11.4 Å². The zero-order chi connectivity index (χ0) is 21.1. The van der Waals surface area contributed by atoms with Gasteiger partial charge in [-0.1, -0.05) is 29.8 Å². The Morgan fingerprint density at radius 2 is 1.83 bits per heavy atom. The van der Waals surface area contributed by atoms with Crippen LogP contribution in [-0.2, 0) is 6.54 Å². The predicted molar refractivity (Wildman–Crippen MR) is 118 cm³/mol. The topological polar surface area (TPSA) is 83.2 Å². The number of nitrogens with one attached hydrogen (secondary N) is 1. The number of nitrogens with zero attached hydrogens (tertiary/aromatic N) is 5. The molecule has 0 radical (unpaired) electrons. The lowest BCUT2D eigenvalue weighted by Crippen LogP contribution is -2.46. The van der Waals surface area contributed by atoms with Crippen LogP contribution in [0.3, 0.4) is 0 Å². The van der Waals surface area contributed by atoms with Gasteiger partial charge in [0.2, 0.25) is 11.9 Å². The van der Waals surface area contributed by atoms with Crippen LogP contribution < -0.4 is 16.0 Å². The van der Waals surface area contributed by atoms with Gasteiger partial charge in [0.25, 0.3) is 0 Å². The second-order valence-electron chi connectivity index (χ2n) is 7.24. The van der Waals surface area contributed by atoms with E-state index in [-0.39, 0.29) is 11.8 Å². The van der Waals surface area contributed by atoms with E-state index in [1.165, 1.54) is 6.07 Å². The Hall–Kier alpha value is -2.97. The normalized spacial score (nSPS) is 14.7. The van der Waals surface area contributed by atoms with Crippen LogP contribution in [0.5, 0.6) is 0 Å². The summed E-state index contributed by atoms with van der Waals surface area (Å²) in [5.41, 5.74) is 8.31. The van der Waals surface area contributed by atoms with Crippen molar-refractivity contribution in [2.45, 2.75) is 13.5 Å². The first-order valence-electron chi connectivity index (χ1n) is 9.73. The van der Waals surface area contributed by atoms with Crippen LogP contribution >= 0.6 is 11.6 Å². The molecule has 0 saturated carbocycles. The van der Waals surface area contributed by atoms with Gasteiger partial charge in [-0.2, -0.15) is 15.0 Å². The van der Waals surface area contributed by atoms with Crippen molar-refractivity contribution in [3.63, 3.8) is 0 Å². The number of nitrogen functional groups attached to an aromatic ring is 1. The van der Waals surface area contributed by atoms with Gasteiger partial charge < -0.3 is 16.0 Å². The van der Waals surface area contributed by atoms with Gasteiger partial charge in [-0.05, 0) is 36.8 Å². The van der Waals surface area contributed by atoms with Gasteiger partial charge in [-0.15, -0.1) is 0 Å². The molecule has 0 unspecified atom stereocenters. The minimum atomic E-state index is -0.192. The summed E-state index contributed by atoms with van der Waals surface area (Å²) in [6, 6.07) is 12.5. The molecule has 0 spiro atoms. The average Bonchev–Trinajstić information content (AvgIpc) is 2.71. The molecule has 2 heterocycles. The molecule has 2 aromatic carbocycles. The Labute approximate surface area is 179 Å². The Morgan fingerprint density at radius 1 is 1.07 bits per heavy atom. The molecule has 3 N–H and O–H groups in total. The maximum atomic E-state index is 14.0. The van der Waals surface area contributed by atoms with E-state index >= 15 is 0 Å². The van der Waals surface area contributed by atoms with E-state index in [9.17, 15) is 4.39 Å². The number of halogens is 2. The van der Waals surface area contributed by atoms with Crippen LogP contribution in [0.25, 0.3) is 0 Å². The number of aromatic nitrogens is 3. The number of piperazine rings is 1. The molecule has 9 heteroatoms. The number of rotatable bonds is 5. The van der Waals surface area contributed by atoms with Crippen molar-refractivity contribution in [3.8, 4) is 0 Å². The van der Waals surface area contributed by atoms with Crippen molar-refractivity contribution >= 4 is 34.9 Å². The average molecular weight is 428 g/mol. The molecule has 1 aliphatic rings. The number of aryl methyl sites for hydroxylation is 1. The number of para-hydroxylation sites is 1. The zero-order valence-corrected chi connectivity index (χ0v) is 17.4. The van der Waals surface area contributed by atoms with Gasteiger partial charge in [0.05, 0.1) is 12.2 Å². The summed E-state index contributed by atoms with van der Waals surface area (Å²) in [6.45, 7) is 5.49. The highest BCUT2D eigenvalue weighted by Gasteiger charge is 2.20. The van der Waals surface area contributed by atoms with Gasteiger partial charge in [0.1, 0.15) is 11.6 Å². The van der Waals surface area contributed by atoms with Crippen LogP contribution in [0.15, 0.2) is 42.5 Å². The van der Waals surface area contributed by atoms with E-state index in [1.54, 1.807) is 6.07 Å². The second kappa shape index (κ2) is 8.81. The molecule has 4 rings (SSSR count). The van der Waals surface area contributed by atoms with E-state index in [1.807, 2.05) is 37.3 Å². The molecule has 1 fully saturated rings. The van der Waals surface area contributed by atoms with Crippen molar-refractivity contribution in [2.24, 2.45) is 0 Å². The minimum Gasteiger partial charge on any atom is -0.368 e. The van der Waals surface area contributed by atoms with Gasteiger partial charge in [-0.3, -0.25) is 4.90 Å². The second-order valence-corrected chi connectivity index (χ2v) is 7.64. The predicted octanol–water partition coefficient (Wildman–Crippen LogP) is 3.62. The highest BCUT2D eigenvalue weighted by atomic mass is 35.5. The first-order chi connectivity index (χ1) is 14.5. The Balaban J connectivity index is 1.40. The number of anilines is 4. The van der Waals surface area contributed by atoms with E-state index in [4.69, 9.17) is 17.3 Å². The van der Waals surface area contributed by atoms with Crippen molar-refractivity contribution in [1.82, 2.24) is 19.9 Å². The molecular formula is C21H23ClFN7. The number of hydrogen-bond acceptors (Lipinski definition) is 7. The van der Waals surface area contributed by atoms with Crippen molar-refractivity contribution < 1.29 is 4.39 Å². The molecule has 0 amide bonds. The standard InChI is InChI=1S/C21H23ClFN7/c1-14-6-7-15(12-16(14)22)25-21-27-19(26-20(24)28-21)13-29-8-10-30(11-9-29)18-5-3-2-4-17(18)23/h2-7,12H,8-11,13H2,1H3,(H3,24,25,26,27,28). The number of benzene rings is 2. The van der Waals surface area contributed by atoms with Crippen LogP contribution in [0.2, 0.25) is 5.02 Å². The SMILES string of the molecule is Cc1ccc(Nc2nc(N)nc(CN3CCN(c4ccccc4F)CC3)n2)cc1Cl. The molecule has 7 nitrogen and oxygen atoms in total. The Morgan fingerprint density at radius 3 is 2.57 bits per heavy atom.